The lowest BCUT2D eigenvalue weighted by atomic mass is 10.0. The van der Waals surface area contributed by atoms with E-state index in [1.54, 1.807) is 30.8 Å². The number of amides is 1. The van der Waals surface area contributed by atoms with Gasteiger partial charge in [-0.2, -0.15) is 0 Å². The maximum absolute atomic E-state index is 12.0. The van der Waals surface area contributed by atoms with Gasteiger partial charge in [-0.3, -0.25) is 4.79 Å². The molecule has 2 aromatic rings. The SMILES string of the molecule is CC(C)Sc1ccc(CC(=O)NC[C@](C)(O)c2ccco2)cc1. The molecule has 1 heterocycles. The normalized spacial score (nSPS) is 13.8. The molecule has 0 aliphatic rings. The van der Waals surface area contributed by atoms with Crippen LogP contribution >= 0.6 is 11.8 Å². The van der Waals surface area contributed by atoms with Crippen molar-refractivity contribution >= 4 is 17.7 Å². The fourth-order valence-electron chi connectivity index (χ4n) is 2.15. The Morgan fingerprint density at radius 3 is 2.57 bits per heavy atom. The highest BCUT2D eigenvalue weighted by Gasteiger charge is 2.26. The van der Waals surface area contributed by atoms with Crippen LogP contribution in [0.2, 0.25) is 0 Å². The van der Waals surface area contributed by atoms with E-state index in [4.69, 9.17) is 4.42 Å². The van der Waals surface area contributed by atoms with E-state index in [2.05, 4.69) is 19.2 Å². The first-order chi connectivity index (χ1) is 10.9. The van der Waals surface area contributed by atoms with E-state index in [9.17, 15) is 9.90 Å². The van der Waals surface area contributed by atoms with Crippen LogP contribution in [0, 0.1) is 0 Å². The summed E-state index contributed by atoms with van der Waals surface area (Å²) < 4.78 is 5.19. The predicted octanol–water partition coefficient (Wildman–Crippen LogP) is 3.35. The number of furan rings is 1. The molecular weight excluding hydrogens is 310 g/mol. The van der Waals surface area contributed by atoms with Crippen molar-refractivity contribution in [3.05, 3.63) is 54.0 Å². The molecule has 0 spiro atoms. The molecule has 5 heteroatoms. The first-order valence-electron chi connectivity index (χ1n) is 7.65. The number of hydrogen-bond acceptors (Lipinski definition) is 4. The molecule has 124 valence electrons. The van der Waals surface area contributed by atoms with E-state index < -0.39 is 5.60 Å². The predicted molar refractivity (Wildman–Crippen MR) is 92.4 cm³/mol. The number of hydrogen-bond donors (Lipinski definition) is 2. The topological polar surface area (TPSA) is 62.5 Å². The van der Waals surface area contributed by atoms with Gasteiger partial charge in [-0.15, -0.1) is 11.8 Å². The summed E-state index contributed by atoms with van der Waals surface area (Å²) >= 11 is 1.79. The van der Waals surface area contributed by atoms with Crippen molar-refractivity contribution in [3.63, 3.8) is 0 Å². The molecule has 0 saturated heterocycles. The summed E-state index contributed by atoms with van der Waals surface area (Å²) in [4.78, 5) is 13.2. The maximum atomic E-state index is 12.0. The molecule has 23 heavy (non-hydrogen) atoms. The highest BCUT2D eigenvalue weighted by molar-refractivity contribution is 7.99. The van der Waals surface area contributed by atoms with E-state index in [0.29, 0.717) is 17.4 Å². The van der Waals surface area contributed by atoms with Gasteiger partial charge in [-0.1, -0.05) is 26.0 Å². The molecule has 0 unspecified atom stereocenters. The Bertz CT molecular complexity index is 618. The minimum atomic E-state index is -1.21. The summed E-state index contributed by atoms with van der Waals surface area (Å²) in [6.45, 7) is 6.03. The third-order valence-electron chi connectivity index (χ3n) is 3.34. The van der Waals surface area contributed by atoms with Crippen LogP contribution in [-0.4, -0.2) is 22.8 Å². The van der Waals surface area contributed by atoms with Crippen molar-refractivity contribution in [1.82, 2.24) is 5.32 Å². The van der Waals surface area contributed by atoms with Crippen molar-refractivity contribution in [2.24, 2.45) is 0 Å². The van der Waals surface area contributed by atoms with Gasteiger partial charge in [0.2, 0.25) is 5.91 Å². The van der Waals surface area contributed by atoms with Crippen molar-refractivity contribution in [2.45, 2.75) is 42.9 Å². The van der Waals surface area contributed by atoms with E-state index >= 15 is 0 Å². The first kappa shape index (κ1) is 17.6. The molecule has 2 N–H and O–H groups in total. The maximum Gasteiger partial charge on any atom is 0.224 e. The fourth-order valence-corrected chi connectivity index (χ4v) is 2.99. The number of rotatable bonds is 7. The Labute approximate surface area is 141 Å². The van der Waals surface area contributed by atoms with Gasteiger partial charge in [0.1, 0.15) is 11.4 Å². The Morgan fingerprint density at radius 2 is 2.00 bits per heavy atom. The van der Waals surface area contributed by atoms with Gasteiger partial charge >= 0.3 is 0 Å². The Hall–Kier alpha value is -1.72. The van der Waals surface area contributed by atoms with Gasteiger partial charge in [-0.25, -0.2) is 0 Å². The number of carbonyl (C=O) groups is 1. The number of carbonyl (C=O) groups excluding carboxylic acids is 1. The third-order valence-corrected chi connectivity index (χ3v) is 4.36. The Balaban J connectivity index is 1.85. The molecule has 0 fully saturated rings. The van der Waals surface area contributed by atoms with Gasteiger partial charge in [-0.05, 0) is 36.8 Å². The lowest BCUT2D eigenvalue weighted by molar-refractivity contribution is -0.121. The van der Waals surface area contributed by atoms with Crippen molar-refractivity contribution < 1.29 is 14.3 Å². The molecule has 1 aromatic heterocycles. The zero-order valence-electron chi connectivity index (χ0n) is 13.7. The van der Waals surface area contributed by atoms with Crippen LogP contribution in [0.25, 0.3) is 0 Å². The average molecular weight is 333 g/mol. The monoisotopic (exact) mass is 333 g/mol. The number of benzene rings is 1. The highest BCUT2D eigenvalue weighted by atomic mass is 32.2. The molecule has 1 aromatic carbocycles. The molecule has 0 aliphatic heterocycles. The zero-order valence-corrected chi connectivity index (χ0v) is 14.5. The van der Waals surface area contributed by atoms with Crippen LogP contribution in [0.4, 0.5) is 0 Å². The number of nitrogens with one attached hydrogen (secondary N) is 1. The number of thioether (sulfide) groups is 1. The van der Waals surface area contributed by atoms with E-state index in [-0.39, 0.29) is 12.5 Å². The van der Waals surface area contributed by atoms with E-state index in [1.165, 1.54) is 11.2 Å². The summed E-state index contributed by atoms with van der Waals surface area (Å²) in [7, 11) is 0. The molecule has 0 saturated carbocycles. The Kier molecular flexibility index (Phi) is 5.91. The second-order valence-corrected chi connectivity index (χ2v) is 7.67. The molecule has 1 atom stereocenters. The smallest absolute Gasteiger partial charge is 0.224 e. The second kappa shape index (κ2) is 7.70. The summed E-state index contributed by atoms with van der Waals surface area (Å²) in [6, 6.07) is 11.4. The van der Waals surface area contributed by atoms with Gasteiger partial charge in [0.25, 0.3) is 0 Å². The summed E-state index contributed by atoms with van der Waals surface area (Å²) in [6.07, 6.45) is 1.79. The molecule has 0 radical (unpaired) electrons. The standard InChI is InChI=1S/C18H23NO3S/c1-13(2)23-15-8-6-14(7-9-15)11-17(20)19-12-18(3,21)16-5-4-10-22-16/h4-10,13,21H,11-12H2,1-3H3,(H,19,20)/t18-/m0/s1. The summed E-state index contributed by atoms with van der Waals surface area (Å²) in [5, 5.41) is 13.6. The minimum absolute atomic E-state index is 0.112. The van der Waals surface area contributed by atoms with Crippen LogP contribution in [0.15, 0.2) is 52.0 Å². The van der Waals surface area contributed by atoms with Crippen LogP contribution in [-0.2, 0) is 16.8 Å². The van der Waals surface area contributed by atoms with E-state index in [0.717, 1.165) is 5.56 Å². The quantitative estimate of drug-likeness (QED) is 0.763. The van der Waals surface area contributed by atoms with Gasteiger partial charge in [0.05, 0.1) is 19.2 Å². The van der Waals surface area contributed by atoms with Gasteiger partial charge in [0, 0.05) is 10.1 Å². The number of aliphatic hydroxyl groups is 1. The lowest BCUT2D eigenvalue weighted by Crippen LogP contribution is -2.39. The van der Waals surface area contributed by atoms with Crippen LogP contribution < -0.4 is 5.32 Å². The average Bonchev–Trinajstić information content (AvgIpc) is 3.02. The summed E-state index contributed by atoms with van der Waals surface area (Å²) in [5.41, 5.74) is -0.259. The third kappa shape index (κ3) is 5.44. The van der Waals surface area contributed by atoms with Crippen LogP contribution in [0.3, 0.4) is 0 Å². The summed E-state index contributed by atoms with van der Waals surface area (Å²) in [5.74, 6) is 0.314. The molecule has 0 aliphatic carbocycles. The lowest BCUT2D eigenvalue weighted by Gasteiger charge is -2.21. The second-order valence-electron chi connectivity index (χ2n) is 6.02. The molecule has 1 amide bonds. The molecule has 2 rings (SSSR count). The first-order valence-corrected chi connectivity index (χ1v) is 8.53. The zero-order chi connectivity index (χ0) is 16.9. The van der Waals surface area contributed by atoms with E-state index in [1.807, 2.05) is 24.3 Å². The van der Waals surface area contributed by atoms with Crippen LogP contribution in [0.5, 0.6) is 0 Å². The molecule has 0 bridgehead atoms. The van der Waals surface area contributed by atoms with Crippen molar-refractivity contribution in [3.8, 4) is 0 Å². The highest BCUT2D eigenvalue weighted by Crippen LogP contribution is 2.23. The molecule has 4 nitrogen and oxygen atoms in total. The fraction of sp³-hybridized carbons (Fsp3) is 0.389. The largest absolute Gasteiger partial charge is 0.466 e. The van der Waals surface area contributed by atoms with Gasteiger partial charge in [0.15, 0.2) is 0 Å². The minimum Gasteiger partial charge on any atom is -0.466 e. The molecular formula is C18H23NO3S. The Morgan fingerprint density at radius 1 is 1.30 bits per heavy atom. The van der Waals surface area contributed by atoms with Gasteiger partial charge < -0.3 is 14.8 Å². The van der Waals surface area contributed by atoms with Crippen molar-refractivity contribution in [2.75, 3.05) is 6.54 Å². The van der Waals surface area contributed by atoms with Crippen LogP contribution in [0.1, 0.15) is 32.1 Å². The van der Waals surface area contributed by atoms with Crippen molar-refractivity contribution in [1.29, 1.82) is 0 Å².